The molecule has 31 heavy (non-hydrogen) atoms. The molecule has 172 valence electrons. The Morgan fingerprint density at radius 1 is 1.13 bits per heavy atom. The van der Waals surface area contributed by atoms with E-state index in [0.717, 1.165) is 45.1 Å². The highest BCUT2D eigenvalue weighted by Gasteiger charge is 2.42. The van der Waals surface area contributed by atoms with E-state index < -0.39 is 10.0 Å². The van der Waals surface area contributed by atoms with Crippen LogP contribution in [0.5, 0.6) is 5.75 Å². The zero-order chi connectivity index (χ0) is 22.0. The van der Waals surface area contributed by atoms with Gasteiger partial charge in [0.25, 0.3) is 0 Å². The van der Waals surface area contributed by atoms with Gasteiger partial charge in [0, 0.05) is 36.8 Å². The van der Waals surface area contributed by atoms with E-state index in [4.69, 9.17) is 4.74 Å². The predicted molar refractivity (Wildman–Crippen MR) is 121 cm³/mol. The summed E-state index contributed by atoms with van der Waals surface area (Å²) in [5.41, 5.74) is 0.518. The summed E-state index contributed by atoms with van der Waals surface area (Å²) >= 11 is 0. The van der Waals surface area contributed by atoms with Crippen molar-refractivity contribution in [3.63, 3.8) is 0 Å². The number of ether oxygens (including phenoxy) is 1. The number of rotatable bonds is 7. The van der Waals surface area contributed by atoms with Gasteiger partial charge in [-0.15, -0.1) is 0 Å². The van der Waals surface area contributed by atoms with Gasteiger partial charge in [-0.1, -0.05) is 13.3 Å². The Morgan fingerprint density at radius 2 is 1.81 bits per heavy atom. The Balaban J connectivity index is 1.49. The summed E-state index contributed by atoms with van der Waals surface area (Å²) in [6.07, 6.45) is 8.07. The zero-order valence-corrected chi connectivity index (χ0v) is 19.5. The van der Waals surface area contributed by atoms with Gasteiger partial charge in [-0.3, -0.25) is 9.69 Å². The number of carbonyl (C=O) groups excluding carboxylic acids is 1. The summed E-state index contributed by atoms with van der Waals surface area (Å²) in [6.45, 7) is 4.37. The first-order chi connectivity index (χ1) is 14.9. The van der Waals surface area contributed by atoms with Crippen LogP contribution in [0, 0.1) is 5.92 Å². The molecule has 0 saturated carbocycles. The normalized spacial score (nSPS) is 27.2. The van der Waals surface area contributed by atoms with Gasteiger partial charge >= 0.3 is 0 Å². The van der Waals surface area contributed by atoms with Crippen LogP contribution < -0.4 is 10.1 Å². The van der Waals surface area contributed by atoms with Gasteiger partial charge in [0.2, 0.25) is 15.9 Å². The quantitative estimate of drug-likeness (QED) is 0.690. The minimum Gasteiger partial charge on any atom is -0.495 e. The Hall–Kier alpha value is -1.64. The molecule has 3 aliphatic rings. The van der Waals surface area contributed by atoms with Crippen molar-refractivity contribution in [3.05, 3.63) is 18.2 Å². The SMILES string of the molecule is CCCN1[C@H]2CC[C@H]1CC(C(=O)Nc1ccc(OC)c(S(=O)(=O)N3CCCCC3)c1)C2. The fraction of sp³-hybridized carbons (Fsp3) is 0.696. The number of benzene rings is 1. The van der Waals surface area contributed by atoms with Crippen LogP contribution in [-0.4, -0.2) is 62.4 Å². The molecular formula is C23H35N3O4S. The van der Waals surface area contributed by atoms with Gasteiger partial charge in [0.15, 0.2) is 0 Å². The lowest BCUT2D eigenvalue weighted by molar-refractivity contribution is -0.122. The average Bonchev–Trinajstić information content (AvgIpc) is 3.01. The Bertz CT molecular complexity index is 884. The fourth-order valence-electron chi connectivity index (χ4n) is 5.56. The van der Waals surface area contributed by atoms with Crippen molar-refractivity contribution in [1.29, 1.82) is 0 Å². The third kappa shape index (κ3) is 4.61. The van der Waals surface area contributed by atoms with E-state index in [0.29, 0.717) is 36.6 Å². The molecule has 1 amide bonds. The molecule has 0 aliphatic carbocycles. The van der Waals surface area contributed by atoms with E-state index in [1.807, 2.05) is 0 Å². The monoisotopic (exact) mass is 449 g/mol. The Labute approximate surface area is 186 Å². The van der Waals surface area contributed by atoms with E-state index in [2.05, 4.69) is 17.1 Å². The van der Waals surface area contributed by atoms with Crippen LogP contribution in [0.25, 0.3) is 0 Å². The number of anilines is 1. The summed E-state index contributed by atoms with van der Waals surface area (Å²) < 4.78 is 33.3. The van der Waals surface area contributed by atoms with Crippen molar-refractivity contribution < 1.29 is 17.9 Å². The third-order valence-electron chi connectivity index (χ3n) is 7.10. The van der Waals surface area contributed by atoms with Gasteiger partial charge in [0.05, 0.1) is 7.11 Å². The van der Waals surface area contributed by atoms with Crippen molar-refractivity contribution in [3.8, 4) is 5.75 Å². The standard InChI is InChI=1S/C23H35N3O4S/c1-3-11-26-19-8-9-20(26)15-17(14-19)23(27)24-18-7-10-21(30-2)22(16-18)31(28,29)25-12-5-4-6-13-25/h7,10,16-17,19-20H,3-6,8-9,11-15H2,1-2H3,(H,24,27)/t19-,20-/m0/s1. The van der Waals surface area contributed by atoms with Crippen LogP contribution in [0.4, 0.5) is 5.69 Å². The third-order valence-corrected chi connectivity index (χ3v) is 9.02. The molecule has 0 unspecified atom stereocenters. The molecule has 2 bridgehead atoms. The lowest BCUT2D eigenvalue weighted by atomic mass is 9.89. The number of carbonyl (C=O) groups is 1. The number of piperidine rings is 2. The fourth-order valence-corrected chi connectivity index (χ4v) is 7.25. The molecule has 7 nitrogen and oxygen atoms in total. The van der Waals surface area contributed by atoms with Gasteiger partial charge in [-0.05, 0) is 69.7 Å². The highest BCUT2D eigenvalue weighted by atomic mass is 32.2. The van der Waals surface area contributed by atoms with Crippen LogP contribution in [-0.2, 0) is 14.8 Å². The van der Waals surface area contributed by atoms with Crippen molar-refractivity contribution >= 4 is 21.6 Å². The number of fused-ring (bicyclic) bond motifs is 2. The smallest absolute Gasteiger partial charge is 0.246 e. The molecular weight excluding hydrogens is 414 g/mol. The molecule has 3 heterocycles. The van der Waals surface area contributed by atoms with Crippen LogP contribution in [0.2, 0.25) is 0 Å². The number of sulfonamides is 1. The Morgan fingerprint density at radius 3 is 2.42 bits per heavy atom. The highest BCUT2D eigenvalue weighted by molar-refractivity contribution is 7.89. The van der Waals surface area contributed by atoms with E-state index in [1.54, 1.807) is 18.2 Å². The van der Waals surface area contributed by atoms with Crippen molar-refractivity contribution in [2.45, 2.75) is 75.3 Å². The summed E-state index contributed by atoms with van der Waals surface area (Å²) in [6, 6.07) is 5.93. The van der Waals surface area contributed by atoms with Crippen LogP contribution in [0.1, 0.15) is 58.3 Å². The number of methoxy groups -OCH3 is 1. The lowest BCUT2D eigenvalue weighted by Gasteiger charge is -2.38. The number of nitrogens with one attached hydrogen (secondary N) is 1. The maximum absolute atomic E-state index is 13.2. The second kappa shape index (κ2) is 9.46. The predicted octanol–water partition coefficient (Wildman–Crippen LogP) is 3.46. The van der Waals surface area contributed by atoms with Crippen molar-refractivity contribution in [1.82, 2.24) is 9.21 Å². The van der Waals surface area contributed by atoms with Gasteiger partial charge in [0.1, 0.15) is 10.6 Å². The molecule has 0 spiro atoms. The maximum atomic E-state index is 13.2. The summed E-state index contributed by atoms with van der Waals surface area (Å²) in [5.74, 6) is 0.295. The highest BCUT2D eigenvalue weighted by Crippen LogP contribution is 2.39. The second-order valence-corrected chi connectivity index (χ2v) is 11.0. The first-order valence-electron chi connectivity index (χ1n) is 11.7. The summed E-state index contributed by atoms with van der Waals surface area (Å²) in [4.78, 5) is 15.8. The van der Waals surface area contributed by atoms with Crippen molar-refractivity contribution in [2.75, 3.05) is 32.1 Å². The lowest BCUT2D eigenvalue weighted by Crippen LogP contribution is -2.45. The molecule has 1 aromatic rings. The van der Waals surface area contributed by atoms with Crippen molar-refractivity contribution in [2.24, 2.45) is 5.92 Å². The first kappa shape index (κ1) is 22.6. The molecule has 8 heteroatoms. The molecule has 3 aliphatic heterocycles. The molecule has 1 aromatic carbocycles. The Kier molecular flexibility index (Phi) is 6.89. The molecule has 0 radical (unpaired) electrons. The first-order valence-corrected chi connectivity index (χ1v) is 13.1. The van der Waals surface area contributed by atoms with E-state index in [-0.39, 0.29) is 16.7 Å². The minimum atomic E-state index is -3.66. The number of nitrogens with zero attached hydrogens (tertiary/aromatic N) is 2. The summed E-state index contributed by atoms with van der Waals surface area (Å²) in [7, 11) is -2.18. The molecule has 2 atom stereocenters. The number of hydrogen-bond donors (Lipinski definition) is 1. The van der Waals surface area contributed by atoms with E-state index >= 15 is 0 Å². The largest absolute Gasteiger partial charge is 0.495 e. The molecule has 0 aromatic heterocycles. The van der Waals surface area contributed by atoms with Crippen LogP contribution in [0.15, 0.2) is 23.1 Å². The second-order valence-electron chi connectivity index (χ2n) is 9.11. The molecule has 1 N–H and O–H groups in total. The zero-order valence-electron chi connectivity index (χ0n) is 18.7. The van der Waals surface area contributed by atoms with Gasteiger partial charge in [-0.25, -0.2) is 8.42 Å². The number of amides is 1. The maximum Gasteiger partial charge on any atom is 0.246 e. The molecule has 3 saturated heterocycles. The molecule has 4 rings (SSSR count). The minimum absolute atomic E-state index is 0.000430. The molecule has 3 fully saturated rings. The topological polar surface area (TPSA) is 79.0 Å². The van der Waals surface area contributed by atoms with Crippen LogP contribution >= 0.6 is 0 Å². The summed E-state index contributed by atoms with van der Waals surface area (Å²) in [5, 5.41) is 3.00. The van der Waals surface area contributed by atoms with Gasteiger partial charge in [-0.2, -0.15) is 4.31 Å². The van der Waals surface area contributed by atoms with E-state index in [9.17, 15) is 13.2 Å². The van der Waals surface area contributed by atoms with Gasteiger partial charge < -0.3 is 10.1 Å². The van der Waals surface area contributed by atoms with Crippen LogP contribution in [0.3, 0.4) is 0 Å². The number of hydrogen-bond acceptors (Lipinski definition) is 5. The van der Waals surface area contributed by atoms with E-state index in [1.165, 1.54) is 24.3 Å². The average molecular weight is 450 g/mol.